The Labute approximate surface area is 95.8 Å². The predicted molar refractivity (Wildman–Crippen MR) is 61.2 cm³/mol. The topological polar surface area (TPSA) is 30.7 Å². The molecule has 1 aliphatic carbocycles. The SMILES string of the molecule is CC(C)c1nnc(Cl)n1C(C)C1CCC1. The third-order valence-electron chi connectivity index (χ3n) is 3.44. The van der Waals surface area contributed by atoms with Crippen molar-refractivity contribution < 1.29 is 0 Å². The van der Waals surface area contributed by atoms with Crippen LogP contribution in [0.3, 0.4) is 0 Å². The summed E-state index contributed by atoms with van der Waals surface area (Å²) in [6.07, 6.45) is 3.98. The van der Waals surface area contributed by atoms with Crippen LogP contribution in [0.4, 0.5) is 0 Å². The standard InChI is InChI=1S/C11H18ClN3/c1-7(2)10-13-14-11(12)15(10)8(3)9-5-4-6-9/h7-9H,4-6H2,1-3H3. The quantitative estimate of drug-likeness (QED) is 0.792. The van der Waals surface area contributed by atoms with E-state index in [0.29, 0.717) is 17.2 Å². The van der Waals surface area contributed by atoms with Crippen LogP contribution in [0.25, 0.3) is 0 Å². The molecule has 4 heteroatoms. The summed E-state index contributed by atoms with van der Waals surface area (Å²) in [7, 11) is 0. The van der Waals surface area contributed by atoms with Gasteiger partial charge in [0.1, 0.15) is 5.82 Å². The van der Waals surface area contributed by atoms with Gasteiger partial charge in [0.2, 0.25) is 5.28 Å². The highest BCUT2D eigenvalue weighted by Crippen LogP contribution is 2.38. The van der Waals surface area contributed by atoms with Crippen LogP contribution >= 0.6 is 11.6 Å². The van der Waals surface area contributed by atoms with E-state index in [1.165, 1.54) is 19.3 Å². The zero-order valence-corrected chi connectivity index (χ0v) is 10.3. The molecule has 0 amide bonds. The van der Waals surface area contributed by atoms with E-state index < -0.39 is 0 Å². The van der Waals surface area contributed by atoms with Crippen molar-refractivity contribution in [2.75, 3.05) is 0 Å². The van der Waals surface area contributed by atoms with Gasteiger partial charge in [0.25, 0.3) is 0 Å². The van der Waals surface area contributed by atoms with Crippen molar-refractivity contribution in [1.29, 1.82) is 0 Å². The summed E-state index contributed by atoms with van der Waals surface area (Å²) in [4.78, 5) is 0. The Balaban J connectivity index is 2.28. The highest BCUT2D eigenvalue weighted by Gasteiger charge is 2.28. The van der Waals surface area contributed by atoms with E-state index in [1.807, 2.05) is 0 Å². The first-order chi connectivity index (χ1) is 7.11. The molecule has 1 aromatic rings. The van der Waals surface area contributed by atoms with Gasteiger partial charge in [-0.3, -0.25) is 4.57 Å². The van der Waals surface area contributed by atoms with Crippen molar-refractivity contribution in [3.63, 3.8) is 0 Å². The number of aromatic nitrogens is 3. The summed E-state index contributed by atoms with van der Waals surface area (Å²) in [5.74, 6) is 2.16. The van der Waals surface area contributed by atoms with Gasteiger partial charge in [-0.25, -0.2) is 0 Å². The number of nitrogens with zero attached hydrogens (tertiary/aromatic N) is 3. The molecule has 0 saturated heterocycles. The van der Waals surface area contributed by atoms with Gasteiger partial charge in [0.05, 0.1) is 0 Å². The minimum Gasteiger partial charge on any atom is -0.298 e. The van der Waals surface area contributed by atoms with Crippen LogP contribution in [-0.4, -0.2) is 14.8 Å². The van der Waals surface area contributed by atoms with Crippen molar-refractivity contribution in [2.24, 2.45) is 5.92 Å². The second kappa shape index (κ2) is 4.12. The molecular formula is C11H18ClN3. The molecule has 1 atom stereocenters. The van der Waals surface area contributed by atoms with E-state index in [-0.39, 0.29) is 0 Å². The number of halogens is 1. The Kier molecular flexibility index (Phi) is 3.01. The first-order valence-electron chi connectivity index (χ1n) is 5.71. The molecule has 84 valence electrons. The van der Waals surface area contributed by atoms with Gasteiger partial charge in [-0.2, -0.15) is 0 Å². The van der Waals surface area contributed by atoms with Crippen LogP contribution in [0.15, 0.2) is 0 Å². The molecule has 0 N–H and O–H groups in total. The van der Waals surface area contributed by atoms with Crippen molar-refractivity contribution in [3.05, 3.63) is 11.1 Å². The minimum atomic E-state index is 0.382. The van der Waals surface area contributed by atoms with Crippen LogP contribution in [0.5, 0.6) is 0 Å². The molecule has 1 aliphatic rings. The number of hydrogen-bond acceptors (Lipinski definition) is 2. The molecule has 1 unspecified atom stereocenters. The molecule has 0 spiro atoms. The van der Waals surface area contributed by atoms with Gasteiger partial charge in [0.15, 0.2) is 0 Å². The average Bonchev–Trinajstić information content (AvgIpc) is 2.43. The van der Waals surface area contributed by atoms with Gasteiger partial charge < -0.3 is 0 Å². The Morgan fingerprint density at radius 1 is 1.27 bits per heavy atom. The van der Waals surface area contributed by atoms with Gasteiger partial charge in [0, 0.05) is 12.0 Å². The zero-order valence-electron chi connectivity index (χ0n) is 9.57. The zero-order chi connectivity index (χ0) is 11.0. The predicted octanol–water partition coefficient (Wildman–Crippen LogP) is 3.42. The Morgan fingerprint density at radius 3 is 2.40 bits per heavy atom. The summed E-state index contributed by atoms with van der Waals surface area (Å²) in [5, 5.41) is 8.68. The summed E-state index contributed by atoms with van der Waals surface area (Å²) in [6, 6.07) is 0.443. The minimum absolute atomic E-state index is 0.382. The number of rotatable bonds is 3. The molecule has 1 saturated carbocycles. The molecule has 0 bridgehead atoms. The van der Waals surface area contributed by atoms with Gasteiger partial charge >= 0.3 is 0 Å². The van der Waals surface area contributed by atoms with Crippen molar-refractivity contribution >= 4 is 11.6 Å². The van der Waals surface area contributed by atoms with Crippen LogP contribution in [0.2, 0.25) is 5.28 Å². The van der Waals surface area contributed by atoms with Crippen LogP contribution < -0.4 is 0 Å². The third kappa shape index (κ3) is 1.89. The monoisotopic (exact) mass is 227 g/mol. The van der Waals surface area contributed by atoms with E-state index >= 15 is 0 Å². The largest absolute Gasteiger partial charge is 0.298 e. The van der Waals surface area contributed by atoms with Crippen molar-refractivity contribution in [3.8, 4) is 0 Å². The molecule has 1 heterocycles. The van der Waals surface area contributed by atoms with Crippen LogP contribution in [0, 0.1) is 5.92 Å². The smallest absolute Gasteiger partial charge is 0.225 e. The van der Waals surface area contributed by atoms with E-state index in [9.17, 15) is 0 Å². The molecule has 0 aliphatic heterocycles. The first kappa shape index (κ1) is 10.9. The van der Waals surface area contributed by atoms with Gasteiger partial charge in [-0.1, -0.05) is 20.3 Å². The molecule has 2 rings (SSSR count). The van der Waals surface area contributed by atoms with Crippen LogP contribution in [-0.2, 0) is 0 Å². The summed E-state index contributed by atoms with van der Waals surface area (Å²) in [5.41, 5.74) is 0. The molecule has 1 fully saturated rings. The highest BCUT2D eigenvalue weighted by atomic mass is 35.5. The fourth-order valence-electron chi connectivity index (χ4n) is 2.19. The summed E-state index contributed by atoms with van der Waals surface area (Å²) >= 11 is 6.10. The fourth-order valence-corrected chi connectivity index (χ4v) is 2.47. The normalized spacial score (nSPS) is 19.3. The lowest BCUT2D eigenvalue weighted by molar-refractivity contribution is 0.218. The first-order valence-corrected chi connectivity index (χ1v) is 6.09. The molecule has 3 nitrogen and oxygen atoms in total. The van der Waals surface area contributed by atoms with Crippen molar-refractivity contribution in [2.45, 2.75) is 52.0 Å². The molecule has 0 radical (unpaired) electrons. The van der Waals surface area contributed by atoms with Gasteiger partial charge in [-0.15, -0.1) is 10.2 Å². The van der Waals surface area contributed by atoms with Crippen LogP contribution in [0.1, 0.15) is 57.8 Å². The Hall–Kier alpha value is -0.570. The highest BCUT2D eigenvalue weighted by molar-refractivity contribution is 6.28. The fraction of sp³-hybridized carbons (Fsp3) is 0.818. The molecule has 1 aromatic heterocycles. The van der Waals surface area contributed by atoms with Crippen molar-refractivity contribution in [1.82, 2.24) is 14.8 Å². The second-order valence-corrected chi connectivity index (χ2v) is 5.12. The molecule has 0 aromatic carbocycles. The van der Waals surface area contributed by atoms with E-state index in [4.69, 9.17) is 11.6 Å². The lowest BCUT2D eigenvalue weighted by Gasteiger charge is -2.33. The lowest BCUT2D eigenvalue weighted by atomic mass is 9.80. The molecule has 15 heavy (non-hydrogen) atoms. The summed E-state index contributed by atoms with van der Waals surface area (Å²) < 4.78 is 2.11. The maximum absolute atomic E-state index is 6.10. The maximum Gasteiger partial charge on any atom is 0.225 e. The Bertz CT molecular complexity index is 342. The van der Waals surface area contributed by atoms with E-state index in [2.05, 4.69) is 35.5 Å². The van der Waals surface area contributed by atoms with E-state index in [0.717, 1.165) is 11.7 Å². The summed E-state index contributed by atoms with van der Waals surface area (Å²) in [6.45, 7) is 6.49. The van der Waals surface area contributed by atoms with E-state index in [1.54, 1.807) is 0 Å². The average molecular weight is 228 g/mol. The second-order valence-electron chi connectivity index (χ2n) is 4.78. The Morgan fingerprint density at radius 2 is 1.93 bits per heavy atom. The molecular weight excluding hydrogens is 210 g/mol. The maximum atomic E-state index is 6.10. The lowest BCUT2D eigenvalue weighted by Crippen LogP contribution is -2.24. The number of hydrogen-bond donors (Lipinski definition) is 0. The van der Waals surface area contributed by atoms with Gasteiger partial charge in [-0.05, 0) is 37.3 Å². The third-order valence-corrected chi connectivity index (χ3v) is 3.69.